The van der Waals surface area contributed by atoms with Gasteiger partial charge in [0.1, 0.15) is 5.75 Å². The van der Waals surface area contributed by atoms with Gasteiger partial charge in [-0.1, -0.05) is 43.1 Å². The van der Waals surface area contributed by atoms with Gasteiger partial charge in [-0.3, -0.25) is 4.79 Å². The Morgan fingerprint density at radius 2 is 1.96 bits per heavy atom. The van der Waals surface area contributed by atoms with Crippen molar-refractivity contribution >= 4 is 40.5 Å². The third-order valence-electron chi connectivity index (χ3n) is 3.45. The Morgan fingerprint density at radius 1 is 1.16 bits per heavy atom. The van der Waals surface area contributed by atoms with Crippen LogP contribution in [-0.2, 0) is 4.79 Å². The van der Waals surface area contributed by atoms with Crippen LogP contribution in [-0.4, -0.2) is 19.1 Å². The lowest BCUT2D eigenvalue weighted by Gasteiger charge is -2.11. The predicted molar refractivity (Wildman–Crippen MR) is 105 cm³/mol. The summed E-state index contributed by atoms with van der Waals surface area (Å²) in [7, 11) is 0. The average Bonchev–Trinajstić information content (AvgIpc) is 2.56. The van der Waals surface area contributed by atoms with Gasteiger partial charge in [0.05, 0.1) is 23.9 Å². The van der Waals surface area contributed by atoms with E-state index in [0.717, 1.165) is 17.9 Å². The topological polar surface area (TPSA) is 50.4 Å². The largest absolute Gasteiger partial charge is 0.494 e. The van der Waals surface area contributed by atoms with E-state index >= 15 is 0 Å². The Balaban J connectivity index is 1.86. The van der Waals surface area contributed by atoms with E-state index in [2.05, 4.69) is 24.5 Å². The third-order valence-corrected chi connectivity index (χ3v) is 4.02. The van der Waals surface area contributed by atoms with Gasteiger partial charge in [0.2, 0.25) is 5.91 Å². The van der Waals surface area contributed by atoms with Gasteiger partial charge >= 0.3 is 0 Å². The lowest BCUT2D eigenvalue weighted by Crippen LogP contribution is -2.21. The number of anilines is 2. The van der Waals surface area contributed by atoms with Gasteiger partial charge in [-0.2, -0.15) is 0 Å². The molecule has 0 atom stereocenters. The van der Waals surface area contributed by atoms with Gasteiger partial charge in [0.15, 0.2) is 0 Å². The zero-order chi connectivity index (χ0) is 18.2. The maximum atomic E-state index is 12.1. The molecule has 0 fully saturated rings. The van der Waals surface area contributed by atoms with E-state index in [4.69, 9.17) is 27.9 Å². The van der Waals surface area contributed by atoms with E-state index in [1.54, 1.807) is 18.2 Å². The summed E-state index contributed by atoms with van der Waals surface area (Å²) in [4.78, 5) is 12.1. The van der Waals surface area contributed by atoms with Gasteiger partial charge in [0, 0.05) is 16.8 Å². The van der Waals surface area contributed by atoms with Crippen molar-refractivity contribution in [3.05, 3.63) is 52.5 Å². The minimum absolute atomic E-state index is 0.109. The number of hydrogen-bond acceptors (Lipinski definition) is 3. The zero-order valence-corrected chi connectivity index (χ0v) is 15.8. The van der Waals surface area contributed by atoms with Crippen molar-refractivity contribution in [1.29, 1.82) is 0 Å². The first-order chi connectivity index (χ1) is 11.9. The van der Waals surface area contributed by atoms with E-state index < -0.39 is 0 Å². The molecule has 25 heavy (non-hydrogen) atoms. The predicted octanol–water partition coefficient (Wildman–Crippen LogP) is 5.47. The molecular weight excluding hydrogens is 359 g/mol. The van der Waals surface area contributed by atoms with Crippen molar-refractivity contribution in [2.45, 2.75) is 20.3 Å². The molecule has 0 radical (unpaired) electrons. The van der Waals surface area contributed by atoms with Gasteiger partial charge in [-0.25, -0.2) is 0 Å². The molecule has 0 aliphatic heterocycles. The second kappa shape index (κ2) is 9.54. The maximum Gasteiger partial charge on any atom is 0.243 e. The molecule has 0 bridgehead atoms. The Hall–Kier alpha value is -1.91. The number of halogens is 2. The summed E-state index contributed by atoms with van der Waals surface area (Å²) in [6, 6.07) is 12.5. The highest BCUT2D eigenvalue weighted by Gasteiger charge is 2.07. The quantitative estimate of drug-likeness (QED) is 0.638. The first-order valence-corrected chi connectivity index (χ1v) is 8.91. The smallest absolute Gasteiger partial charge is 0.243 e. The van der Waals surface area contributed by atoms with E-state index in [-0.39, 0.29) is 12.5 Å². The van der Waals surface area contributed by atoms with Gasteiger partial charge in [-0.05, 0) is 42.7 Å². The molecule has 1 amide bonds. The van der Waals surface area contributed by atoms with E-state index in [1.165, 1.54) is 0 Å². The molecule has 2 rings (SSSR count). The van der Waals surface area contributed by atoms with Crippen LogP contribution in [0.25, 0.3) is 0 Å². The molecule has 0 aliphatic carbocycles. The highest BCUT2D eigenvalue weighted by Crippen LogP contribution is 2.25. The fourth-order valence-corrected chi connectivity index (χ4v) is 2.42. The van der Waals surface area contributed by atoms with Crippen LogP contribution in [0.1, 0.15) is 20.3 Å². The Kier molecular flexibility index (Phi) is 7.41. The zero-order valence-electron chi connectivity index (χ0n) is 14.3. The molecule has 2 N–H and O–H groups in total. The van der Waals surface area contributed by atoms with Crippen LogP contribution in [0.15, 0.2) is 42.5 Å². The first kappa shape index (κ1) is 19.4. The van der Waals surface area contributed by atoms with Crippen LogP contribution in [0.4, 0.5) is 11.4 Å². The molecule has 134 valence electrons. The molecule has 0 spiro atoms. The SMILES string of the molecule is CC(C)CCOc1cccc(NCC(=O)Nc2cc(Cl)ccc2Cl)c1. The van der Waals surface area contributed by atoms with Crippen molar-refractivity contribution in [3.8, 4) is 5.75 Å². The van der Waals surface area contributed by atoms with Crippen molar-refractivity contribution in [1.82, 2.24) is 0 Å². The van der Waals surface area contributed by atoms with Crippen LogP contribution in [0.2, 0.25) is 10.0 Å². The standard InChI is InChI=1S/C19H22Cl2N2O2/c1-13(2)8-9-25-16-5-3-4-15(11-16)22-12-19(24)23-18-10-14(20)6-7-17(18)21/h3-7,10-11,13,22H,8-9,12H2,1-2H3,(H,23,24). The number of carbonyl (C=O) groups is 1. The lowest BCUT2D eigenvalue weighted by molar-refractivity contribution is -0.114. The number of benzene rings is 2. The van der Waals surface area contributed by atoms with E-state index in [1.807, 2.05) is 24.3 Å². The van der Waals surface area contributed by atoms with Gasteiger partial charge < -0.3 is 15.4 Å². The van der Waals surface area contributed by atoms with Crippen molar-refractivity contribution in [2.24, 2.45) is 5.92 Å². The Morgan fingerprint density at radius 3 is 2.72 bits per heavy atom. The molecule has 0 saturated heterocycles. The number of nitrogens with one attached hydrogen (secondary N) is 2. The van der Waals surface area contributed by atoms with Crippen LogP contribution < -0.4 is 15.4 Å². The molecular formula is C19H22Cl2N2O2. The molecule has 6 heteroatoms. The van der Waals surface area contributed by atoms with Crippen molar-refractivity contribution in [3.63, 3.8) is 0 Å². The van der Waals surface area contributed by atoms with Crippen molar-refractivity contribution < 1.29 is 9.53 Å². The third kappa shape index (κ3) is 6.85. The molecule has 0 aromatic heterocycles. The lowest BCUT2D eigenvalue weighted by atomic mass is 10.1. The fourth-order valence-electron chi connectivity index (χ4n) is 2.08. The number of ether oxygens (including phenoxy) is 1. The van der Waals surface area contributed by atoms with E-state index in [0.29, 0.717) is 28.3 Å². The summed E-state index contributed by atoms with van der Waals surface area (Å²) in [5.74, 6) is 1.17. The molecule has 0 unspecified atom stereocenters. The fraction of sp³-hybridized carbons (Fsp3) is 0.316. The molecule has 2 aromatic carbocycles. The number of hydrogen-bond donors (Lipinski definition) is 2. The van der Waals surface area contributed by atoms with Crippen LogP contribution >= 0.6 is 23.2 Å². The molecule has 2 aromatic rings. The van der Waals surface area contributed by atoms with Crippen LogP contribution in [0.3, 0.4) is 0 Å². The maximum absolute atomic E-state index is 12.1. The second-order valence-corrected chi connectivity index (χ2v) is 6.93. The van der Waals surface area contributed by atoms with Crippen LogP contribution in [0, 0.1) is 5.92 Å². The number of carbonyl (C=O) groups excluding carboxylic acids is 1. The number of rotatable bonds is 8. The molecule has 4 nitrogen and oxygen atoms in total. The molecule has 0 aliphatic rings. The summed E-state index contributed by atoms with van der Waals surface area (Å²) in [6.07, 6.45) is 1.00. The first-order valence-electron chi connectivity index (χ1n) is 8.15. The minimum atomic E-state index is -0.213. The summed E-state index contributed by atoms with van der Waals surface area (Å²) in [5, 5.41) is 6.76. The normalized spacial score (nSPS) is 10.6. The molecule has 0 saturated carbocycles. The average molecular weight is 381 g/mol. The summed E-state index contributed by atoms with van der Waals surface area (Å²) in [6.45, 7) is 5.10. The summed E-state index contributed by atoms with van der Waals surface area (Å²) in [5.41, 5.74) is 1.31. The van der Waals surface area contributed by atoms with Gasteiger partial charge in [0.25, 0.3) is 0 Å². The van der Waals surface area contributed by atoms with Crippen LogP contribution in [0.5, 0.6) is 5.75 Å². The highest BCUT2D eigenvalue weighted by molar-refractivity contribution is 6.35. The second-order valence-electron chi connectivity index (χ2n) is 6.08. The Bertz CT molecular complexity index is 720. The Labute approximate surface area is 158 Å². The van der Waals surface area contributed by atoms with Gasteiger partial charge in [-0.15, -0.1) is 0 Å². The minimum Gasteiger partial charge on any atom is -0.494 e. The highest BCUT2D eigenvalue weighted by atomic mass is 35.5. The monoisotopic (exact) mass is 380 g/mol. The summed E-state index contributed by atoms with van der Waals surface area (Å²) < 4.78 is 5.72. The number of amides is 1. The molecule has 0 heterocycles. The summed E-state index contributed by atoms with van der Waals surface area (Å²) >= 11 is 12.0. The van der Waals surface area contributed by atoms with E-state index in [9.17, 15) is 4.79 Å². The van der Waals surface area contributed by atoms with Crippen molar-refractivity contribution in [2.75, 3.05) is 23.8 Å².